The highest BCUT2D eigenvalue weighted by Gasteiger charge is 2.13. The van der Waals surface area contributed by atoms with Crippen LogP contribution in [0.3, 0.4) is 0 Å². The Balaban J connectivity index is 1.36. The van der Waals surface area contributed by atoms with Gasteiger partial charge >= 0.3 is 0 Å². The number of nitrogens with zero attached hydrogens (tertiary/aromatic N) is 6. The van der Waals surface area contributed by atoms with Crippen molar-refractivity contribution >= 4 is 16.6 Å². The number of benzene rings is 1. The molecule has 8 nitrogen and oxygen atoms in total. The van der Waals surface area contributed by atoms with Crippen molar-refractivity contribution in [2.75, 3.05) is 25.1 Å². The molecule has 3 aromatic heterocycles. The fourth-order valence-corrected chi connectivity index (χ4v) is 3.87. The number of ether oxygens (including phenoxy) is 1. The summed E-state index contributed by atoms with van der Waals surface area (Å²) in [7, 11) is 1.65. The minimum atomic E-state index is 0.575. The van der Waals surface area contributed by atoms with E-state index in [1.165, 1.54) is 24.9 Å². The SMILES string of the molecule is COc1cc(-c2cn(Cc3ccc(N4CCCCC4)cn3)nn2)c2cn[nH]c2c1. The molecule has 1 N–H and O–H groups in total. The number of anilines is 1. The van der Waals surface area contributed by atoms with E-state index in [9.17, 15) is 0 Å². The van der Waals surface area contributed by atoms with E-state index >= 15 is 0 Å². The lowest BCUT2D eigenvalue weighted by atomic mass is 10.1. The van der Waals surface area contributed by atoms with Crippen LogP contribution in [0.15, 0.2) is 42.9 Å². The molecule has 1 fully saturated rings. The molecule has 8 heteroatoms. The first kappa shape index (κ1) is 17.7. The maximum Gasteiger partial charge on any atom is 0.121 e. The summed E-state index contributed by atoms with van der Waals surface area (Å²) in [6.45, 7) is 2.82. The second-order valence-electron chi connectivity index (χ2n) is 7.36. The first-order chi connectivity index (χ1) is 14.3. The highest BCUT2D eigenvalue weighted by Crippen LogP contribution is 2.30. The third kappa shape index (κ3) is 3.53. The summed E-state index contributed by atoms with van der Waals surface area (Å²) in [4.78, 5) is 7.04. The van der Waals surface area contributed by atoms with Crippen LogP contribution in [0.25, 0.3) is 22.2 Å². The molecule has 0 aliphatic carbocycles. The van der Waals surface area contributed by atoms with Crippen molar-refractivity contribution < 1.29 is 4.74 Å². The molecule has 148 valence electrons. The van der Waals surface area contributed by atoms with Crippen LogP contribution in [0.2, 0.25) is 0 Å². The first-order valence-corrected chi connectivity index (χ1v) is 9.92. The molecule has 0 saturated carbocycles. The molecular weight excluding hydrogens is 366 g/mol. The number of H-pyrrole nitrogens is 1. The zero-order valence-electron chi connectivity index (χ0n) is 16.4. The van der Waals surface area contributed by atoms with E-state index < -0.39 is 0 Å². The number of pyridine rings is 1. The number of piperidine rings is 1. The topological polar surface area (TPSA) is 84.8 Å². The Labute approximate surface area is 168 Å². The largest absolute Gasteiger partial charge is 0.497 e. The van der Waals surface area contributed by atoms with Crippen molar-refractivity contribution in [2.24, 2.45) is 0 Å². The molecule has 0 atom stereocenters. The predicted molar refractivity (Wildman–Crippen MR) is 111 cm³/mol. The van der Waals surface area contributed by atoms with Crippen molar-refractivity contribution in [1.82, 2.24) is 30.2 Å². The van der Waals surface area contributed by atoms with Crippen LogP contribution in [0.1, 0.15) is 25.0 Å². The van der Waals surface area contributed by atoms with Crippen LogP contribution in [0, 0.1) is 0 Å². The summed E-state index contributed by atoms with van der Waals surface area (Å²) in [5.41, 5.74) is 4.78. The minimum absolute atomic E-state index is 0.575. The molecule has 0 radical (unpaired) electrons. The molecule has 1 aliphatic rings. The quantitative estimate of drug-likeness (QED) is 0.564. The number of aromatic nitrogens is 6. The van der Waals surface area contributed by atoms with Gasteiger partial charge in [-0.15, -0.1) is 5.10 Å². The van der Waals surface area contributed by atoms with Crippen LogP contribution in [0.5, 0.6) is 5.75 Å². The molecule has 0 bridgehead atoms. The average molecular weight is 389 g/mol. The van der Waals surface area contributed by atoms with Crippen molar-refractivity contribution in [2.45, 2.75) is 25.8 Å². The van der Waals surface area contributed by atoms with Gasteiger partial charge in [-0.2, -0.15) is 5.10 Å². The number of hydrogen-bond donors (Lipinski definition) is 1. The Morgan fingerprint density at radius 2 is 2.00 bits per heavy atom. The average Bonchev–Trinajstić information content (AvgIpc) is 3.43. The van der Waals surface area contributed by atoms with E-state index in [-0.39, 0.29) is 0 Å². The smallest absolute Gasteiger partial charge is 0.121 e. The maximum absolute atomic E-state index is 5.40. The molecule has 0 spiro atoms. The van der Waals surface area contributed by atoms with E-state index in [1.54, 1.807) is 13.3 Å². The normalized spacial score (nSPS) is 14.4. The molecule has 29 heavy (non-hydrogen) atoms. The highest BCUT2D eigenvalue weighted by atomic mass is 16.5. The van der Waals surface area contributed by atoms with Gasteiger partial charge in [0.1, 0.15) is 11.4 Å². The van der Waals surface area contributed by atoms with Gasteiger partial charge in [-0.1, -0.05) is 5.21 Å². The van der Waals surface area contributed by atoms with Crippen LogP contribution < -0.4 is 9.64 Å². The van der Waals surface area contributed by atoms with Gasteiger partial charge in [-0.25, -0.2) is 4.68 Å². The van der Waals surface area contributed by atoms with Crippen LogP contribution in [-0.2, 0) is 6.54 Å². The van der Waals surface area contributed by atoms with Gasteiger partial charge in [-0.05, 0) is 37.5 Å². The van der Waals surface area contributed by atoms with Gasteiger partial charge in [0, 0.05) is 30.1 Å². The lowest BCUT2D eigenvalue weighted by Gasteiger charge is -2.28. The number of rotatable bonds is 5. The summed E-state index contributed by atoms with van der Waals surface area (Å²) >= 11 is 0. The monoisotopic (exact) mass is 389 g/mol. The summed E-state index contributed by atoms with van der Waals surface area (Å²) < 4.78 is 7.21. The van der Waals surface area contributed by atoms with E-state index in [1.807, 2.05) is 29.2 Å². The van der Waals surface area contributed by atoms with Gasteiger partial charge in [0.05, 0.1) is 49.1 Å². The summed E-state index contributed by atoms with van der Waals surface area (Å²) in [5, 5.41) is 16.8. The van der Waals surface area contributed by atoms with Gasteiger partial charge in [0.2, 0.25) is 0 Å². The number of hydrogen-bond acceptors (Lipinski definition) is 6. The second-order valence-corrected chi connectivity index (χ2v) is 7.36. The Morgan fingerprint density at radius 3 is 2.79 bits per heavy atom. The maximum atomic E-state index is 5.40. The Hall–Kier alpha value is -3.42. The lowest BCUT2D eigenvalue weighted by Crippen LogP contribution is -2.29. The minimum Gasteiger partial charge on any atom is -0.497 e. The summed E-state index contributed by atoms with van der Waals surface area (Å²) in [5.74, 6) is 0.751. The predicted octanol–water partition coefficient (Wildman–Crippen LogP) is 3.26. The van der Waals surface area contributed by atoms with Gasteiger partial charge in [0.15, 0.2) is 0 Å². The molecule has 0 amide bonds. The second kappa shape index (κ2) is 7.54. The van der Waals surface area contributed by atoms with Crippen LogP contribution >= 0.6 is 0 Å². The van der Waals surface area contributed by atoms with Gasteiger partial charge in [-0.3, -0.25) is 10.1 Å². The Bertz CT molecular complexity index is 1110. The van der Waals surface area contributed by atoms with Gasteiger partial charge in [0.25, 0.3) is 0 Å². The van der Waals surface area contributed by atoms with E-state index in [4.69, 9.17) is 4.74 Å². The Kier molecular flexibility index (Phi) is 4.59. The summed E-state index contributed by atoms with van der Waals surface area (Å²) in [6, 6.07) is 8.11. The van der Waals surface area contributed by atoms with E-state index in [0.717, 1.165) is 46.7 Å². The molecule has 4 aromatic rings. The molecule has 0 unspecified atom stereocenters. The van der Waals surface area contributed by atoms with E-state index in [0.29, 0.717) is 6.54 Å². The molecule has 5 rings (SSSR count). The molecule has 1 saturated heterocycles. The third-order valence-corrected chi connectivity index (χ3v) is 5.44. The van der Waals surface area contributed by atoms with Crippen molar-refractivity contribution in [3.8, 4) is 17.0 Å². The van der Waals surface area contributed by atoms with Crippen LogP contribution in [-0.4, -0.2) is 50.4 Å². The molecule has 4 heterocycles. The van der Waals surface area contributed by atoms with Crippen molar-refractivity contribution in [1.29, 1.82) is 0 Å². The van der Waals surface area contributed by atoms with Crippen molar-refractivity contribution in [3.05, 3.63) is 48.5 Å². The number of methoxy groups -OCH3 is 1. The van der Waals surface area contributed by atoms with Crippen molar-refractivity contribution in [3.63, 3.8) is 0 Å². The highest BCUT2D eigenvalue weighted by molar-refractivity contribution is 5.94. The molecular formula is C21H23N7O. The first-order valence-electron chi connectivity index (χ1n) is 9.92. The zero-order valence-corrected chi connectivity index (χ0v) is 16.4. The van der Waals surface area contributed by atoms with Crippen LogP contribution in [0.4, 0.5) is 5.69 Å². The number of nitrogens with one attached hydrogen (secondary N) is 1. The third-order valence-electron chi connectivity index (χ3n) is 5.44. The summed E-state index contributed by atoms with van der Waals surface area (Å²) in [6.07, 6.45) is 9.55. The standard InChI is InChI=1S/C21H23N7O/c1-29-17-9-18(19-12-23-24-20(19)10-17)21-14-28(26-25-21)13-15-5-6-16(11-22-15)27-7-3-2-4-8-27/h5-6,9-12,14H,2-4,7-8,13H2,1H3,(H,23,24). The fraction of sp³-hybridized carbons (Fsp3) is 0.333. The number of fused-ring (bicyclic) bond motifs is 1. The molecule has 1 aromatic carbocycles. The fourth-order valence-electron chi connectivity index (χ4n) is 3.87. The Morgan fingerprint density at radius 1 is 1.10 bits per heavy atom. The zero-order chi connectivity index (χ0) is 19.6. The van der Waals surface area contributed by atoms with Gasteiger partial charge < -0.3 is 9.64 Å². The van der Waals surface area contributed by atoms with E-state index in [2.05, 4.69) is 42.5 Å². The number of aromatic amines is 1. The molecule has 1 aliphatic heterocycles. The lowest BCUT2D eigenvalue weighted by molar-refractivity contribution is 0.415.